The Morgan fingerprint density at radius 1 is 1.13 bits per heavy atom. The number of hydrogen-bond donors (Lipinski definition) is 2. The average molecular weight is 359 g/mol. The van der Waals surface area contributed by atoms with Gasteiger partial charge in [0, 0.05) is 23.4 Å². The smallest absolute Gasteiger partial charge is 0.241 e. The second kappa shape index (κ2) is 8.49. The van der Waals surface area contributed by atoms with Crippen LogP contribution in [0, 0.1) is 0 Å². The molecule has 1 unspecified atom stereocenters. The molecule has 5 nitrogen and oxygen atoms in total. The molecule has 2 N–H and O–H groups in total. The second-order valence-electron chi connectivity index (χ2n) is 5.08. The summed E-state index contributed by atoms with van der Waals surface area (Å²) < 4.78 is 33.3. The van der Waals surface area contributed by atoms with E-state index in [1.54, 1.807) is 25.2 Å². The molecule has 23 heavy (non-hydrogen) atoms. The van der Waals surface area contributed by atoms with Gasteiger partial charge in [0.25, 0.3) is 0 Å². The minimum Gasteiger partial charge on any atom is -0.493 e. The van der Waals surface area contributed by atoms with E-state index in [0.29, 0.717) is 24.3 Å². The van der Waals surface area contributed by atoms with Crippen LogP contribution in [0.5, 0.6) is 5.75 Å². The molecule has 0 radical (unpaired) electrons. The Morgan fingerprint density at radius 2 is 1.78 bits per heavy atom. The van der Waals surface area contributed by atoms with Crippen LogP contribution in [0.15, 0.2) is 41.3 Å². The number of hydrogen-bond acceptors (Lipinski definition) is 4. The maximum Gasteiger partial charge on any atom is 0.241 e. The van der Waals surface area contributed by atoms with Crippen molar-refractivity contribution in [1.82, 2.24) is 10.0 Å². The molecule has 2 aromatic carbocycles. The highest BCUT2D eigenvalue weighted by molar-refractivity contribution is 7.89. The summed E-state index contributed by atoms with van der Waals surface area (Å²) in [6, 6.07) is 10.7. The van der Waals surface area contributed by atoms with Gasteiger partial charge in [0.2, 0.25) is 10.0 Å². The molecule has 0 aliphatic carbocycles. The number of nitrogens with one attached hydrogen (secondary N) is 2. The van der Waals surface area contributed by atoms with E-state index >= 15 is 0 Å². The summed E-state index contributed by atoms with van der Waals surface area (Å²) in [4.78, 5) is 0.273. The van der Waals surface area contributed by atoms with Gasteiger partial charge in [0.15, 0.2) is 0 Å². The SMILES string of the molecule is CCOc1ccc(S(=O)(=O)NCC(C)NC)c2ccccc12.Cl. The average Bonchev–Trinajstić information content (AvgIpc) is 2.53. The Bertz CT molecular complexity index is 750. The Balaban J connectivity index is 0.00000264. The van der Waals surface area contributed by atoms with Crippen molar-refractivity contribution < 1.29 is 13.2 Å². The fraction of sp³-hybridized carbons (Fsp3) is 0.375. The van der Waals surface area contributed by atoms with Gasteiger partial charge in [0.05, 0.1) is 11.5 Å². The lowest BCUT2D eigenvalue weighted by Gasteiger charge is -2.15. The van der Waals surface area contributed by atoms with Crippen LogP contribution in [0.4, 0.5) is 0 Å². The van der Waals surface area contributed by atoms with Gasteiger partial charge in [-0.15, -0.1) is 12.4 Å². The molecule has 0 heterocycles. The van der Waals surface area contributed by atoms with Crippen LogP contribution >= 0.6 is 12.4 Å². The van der Waals surface area contributed by atoms with Crippen LogP contribution in [-0.4, -0.2) is 34.7 Å². The molecule has 0 saturated carbocycles. The Hall–Kier alpha value is -1.34. The summed E-state index contributed by atoms with van der Waals surface area (Å²) >= 11 is 0. The number of rotatable bonds is 7. The van der Waals surface area contributed by atoms with Crippen molar-refractivity contribution in [2.24, 2.45) is 0 Å². The lowest BCUT2D eigenvalue weighted by Crippen LogP contribution is -2.37. The van der Waals surface area contributed by atoms with E-state index in [1.807, 2.05) is 32.0 Å². The topological polar surface area (TPSA) is 67.4 Å². The minimum atomic E-state index is -3.57. The third-order valence-electron chi connectivity index (χ3n) is 3.51. The third-order valence-corrected chi connectivity index (χ3v) is 4.99. The summed E-state index contributed by atoms with van der Waals surface area (Å²) in [6.07, 6.45) is 0. The standard InChI is InChI=1S/C16H22N2O3S.ClH/c1-4-21-15-9-10-16(14-8-6-5-7-13(14)15)22(19,20)18-11-12(2)17-3;/h5-10,12,17-18H,4,11H2,1-3H3;1H. The first kappa shape index (κ1) is 19.7. The van der Waals surface area contributed by atoms with Gasteiger partial charge in [-0.25, -0.2) is 13.1 Å². The first-order chi connectivity index (χ1) is 10.5. The molecule has 0 aliphatic heterocycles. The zero-order valence-corrected chi connectivity index (χ0v) is 15.1. The van der Waals surface area contributed by atoms with Crippen molar-refractivity contribution in [3.05, 3.63) is 36.4 Å². The number of sulfonamides is 1. The first-order valence-corrected chi connectivity index (χ1v) is 8.79. The number of fused-ring (bicyclic) bond motifs is 1. The lowest BCUT2D eigenvalue weighted by atomic mass is 10.1. The molecule has 2 aromatic rings. The number of ether oxygens (including phenoxy) is 1. The largest absolute Gasteiger partial charge is 0.493 e. The van der Waals surface area contributed by atoms with Crippen LogP contribution in [0.1, 0.15) is 13.8 Å². The molecule has 0 spiro atoms. The van der Waals surface area contributed by atoms with Gasteiger partial charge in [-0.1, -0.05) is 24.3 Å². The molecule has 0 aliphatic rings. The van der Waals surface area contributed by atoms with Gasteiger partial charge in [-0.2, -0.15) is 0 Å². The monoisotopic (exact) mass is 358 g/mol. The van der Waals surface area contributed by atoms with Crippen molar-refractivity contribution >= 4 is 33.2 Å². The van der Waals surface area contributed by atoms with Crippen molar-refractivity contribution in [1.29, 1.82) is 0 Å². The maximum absolute atomic E-state index is 12.6. The van der Waals surface area contributed by atoms with Crippen molar-refractivity contribution in [2.75, 3.05) is 20.2 Å². The van der Waals surface area contributed by atoms with E-state index in [9.17, 15) is 8.42 Å². The quantitative estimate of drug-likeness (QED) is 0.798. The Morgan fingerprint density at radius 3 is 2.39 bits per heavy atom. The van der Waals surface area contributed by atoms with Crippen LogP contribution in [-0.2, 0) is 10.0 Å². The summed E-state index contributed by atoms with van der Waals surface area (Å²) in [5.41, 5.74) is 0. The van der Waals surface area contributed by atoms with Gasteiger partial charge in [-0.3, -0.25) is 0 Å². The first-order valence-electron chi connectivity index (χ1n) is 7.31. The van der Waals surface area contributed by atoms with Crippen LogP contribution < -0.4 is 14.8 Å². The van der Waals surface area contributed by atoms with Crippen molar-refractivity contribution in [3.8, 4) is 5.75 Å². The number of halogens is 1. The summed E-state index contributed by atoms with van der Waals surface area (Å²) in [7, 11) is -1.77. The third kappa shape index (κ3) is 4.57. The van der Waals surface area contributed by atoms with Crippen LogP contribution in [0.25, 0.3) is 10.8 Å². The molecular weight excluding hydrogens is 336 g/mol. The molecule has 0 bridgehead atoms. The molecule has 2 rings (SSSR count). The van der Waals surface area contributed by atoms with E-state index in [-0.39, 0.29) is 23.3 Å². The molecule has 128 valence electrons. The molecule has 0 saturated heterocycles. The molecule has 0 amide bonds. The van der Waals surface area contributed by atoms with E-state index < -0.39 is 10.0 Å². The maximum atomic E-state index is 12.6. The molecule has 0 aromatic heterocycles. The Labute approximate surface area is 143 Å². The molecule has 7 heteroatoms. The van der Waals surface area contributed by atoms with Crippen LogP contribution in [0.3, 0.4) is 0 Å². The van der Waals surface area contributed by atoms with E-state index in [2.05, 4.69) is 10.0 Å². The normalized spacial score (nSPS) is 12.7. The fourth-order valence-corrected chi connectivity index (χ4v) is 3.51. The highest BCUT2D eigenvalue weighted by Crippen LogP contribution is 2.30. The summed E-state index contributed by atoms with van der Waals surface area (Å²) in [6.45, 7) is 4.69. The van der Waals surface area contributed by atoms with E-state index in [1.165, 1.54) is 0 Å². The Kier molecular flexibility index (Phi) is 7.28. The predicted molar refractivity (Wildman–Crippen MR) is 96.1 cm³/mol. The zero-order chi connectivity index (χ0) is 16.2. The number of benzene rings is 2. The summed E-state index contributed by atoms with van der Waals surface area (Å²) in [5, 5.41) is 4.47. The molecule has 0 fully saturated rings. The molecule has 1 atom stereocenters. The van der Waals surface area contributed by atoms with E-state index in [0.717, 1.165) is 5.39 Å². The predicted octanol–water partition coefficient (Wildman–Crippen LogP) is 2.55. The highest BCUT2D eigenvalue weighted by Gasteiger charge is 2.19. The number of likely N-dealkylation sites (N-methyl/N-ethyl adjacent to an activating group) is 1. The van der Waals surface area contributed by atoms with Gasteiger partial charge in [-0.05, 0) is 33.0 Å². The van der Waals surface area contributed by atoms with Crippen molar-refractivity contribution in [2.45, 2.75) is 24.8 Å². The lowest BCUT2D eigenvalue weighted by molar-refractivity contribution is 0.344. The van der Waals surface area contributed by atoms with Crippen LogP contribution in [0.2, 0.25) is 0 Å². The van der Waals surface area contributed by atoms with Gasteiger partial charge < -0.3 is 10.1 Å². The fourth-order valence-electron chi connectivity index (χ4n) is 2.17. The zero-order valence-electron chi connectivity index (χ0n) is 13.5. The minimum absolute atomic E-state index is 0. The summed E-state index contributed by atoms with van der Waals surface area (Å²) in [5.74, 6) is 0.695. The van der Waals surface area contributed by atoms with E-state index in [4.69, 9.17) is 4.74 Å². The van der Waals surface area contributed by atoms with Crippen molar-refractivity contribution in [3.63, 3.8) is 0 Å². The van der Waals surface area contributed by atoms with Gasteiger partial charge in [0.1, 0.15) is 5.75 Å². The molecular formula is C16H23ClN2O3S. The second-order valence-corrected chi connectivity index (χ2v) is 6.82. The van der Waals surface area contributed by atoms with Gasteiger partial charge >= 0.3 is 0 Å². The highest BCUT2D eigenvalue weighted by atomic mass is 35.5.